The van der Waals surface area contributed by atoms with E-state index < -0.39 is 0 Å². The van der Waals surface area contributed by atoms with Crippen molar-refractivity contribution in [1.29, 1.82) is 0 Å². The molecule has 0 atom stereocenters. The Morgan fingerprint density at radius 1 is 1.00 bits per heavy atom. The third-order valence-corrected chi connectivity index (χ3v) is 4.10. The highest BCUT2D eigenvalue weighted by atomic mass is 16.1. The van der Waals surface area contributed by atoms with Gasteiger partial charge in [0.05, 0.1) is 11.4 Å². The van der Waals surface area contributed by atoms with Crippen LogP contribution in [0.4, 0.5) is 5.69 Å². The molecule has 2 aromatic carbocycles. The Hall–Kier alpha value is -2.55. The molecule has 0 aromatic heterocycles. The van der Waals surface area contributed by atoms with Crippen molar-refractivity contribution in [3.63, 3.8) is 0 Å². The number of ketones is 1. The van der Waals surface area contributed by atoms with Crippen molar-refractivity contribution in [3.8, 4) is 0 Å². The Morgan fingerprint density at radius 2 is 1.64 bits per heavy atom. The van der Waals surface area contributed by atoms with E-state index in [9.17, 15) is 4.79 Å². The molecular weight excluding hydrogens is 272 g/mol. The van der Waals surface area contributed by atoms with Gasteiger partial charge >= 0.3 is 0 Å². The molecular formula is C19H18N2O. The zero-order chi connectivity index (χ0) is 15.7. The fourth-order valence-electron chi connectivity index (χ4n) is 2.88. The van der Waals surface area contributed by atoms with Crippen molar-refractivity contribution < 1.29 is 4.79 Å². The third kappa shape index (κ3) is 2.19. The predicted molar refractivity (Wildman–Crippen MR) is 90.7 cm³/mol. The van der Waals surface area contributed by atoms with Crippen molar-refractivity contribution in [2.75, 3.05) is 7.05 Å². The summed E-state index contributed by atoms with van der Waals surface area (Å²) in [5.74, 6) is -0.0808. The summed E-state index contributed by atoms with van der Waals surface area (Å²) < 4.78 is 0. The summed E-state index contributed by atoms with van der Waals surface area (Å²) in [6.07, 6.45) is 0. The molecule has 0 saturated carbocycles. The van der Waals surface area contributed by atoms with E-state index in [1.807, 2.05) is 48.5 Å². The largest absolute Gasteiger partial charge is 0.287 e. The molecule has 0 aliphatic carbocycles. The highest BCUT2D eigenvalue weighted by molar-refractivity contribution is 6.72. The first kappa shape index (κ1) is 14.4. The average Bonchev–Trinajstić information content (AvgIpc) is 2.81. The Bertz CT molecular complexity index is 786. The summed E-state index contributed by atoms with van der Waals surface area (Å²) in [7, 11) is 1.65. The van der Waals surface area contributed by atoms with Gasteiger partial charge in [-0.15, -0.1) is 0 Å². The van der Waals surface area contributed by atoms with Crippen LogP contribution in [0.1, 0.15) is 29.8 Å². The van der Waals surface area contributed by atoms with E-state index in [2.05, 4.69) is 29.9 Å². The summed E-state index contributed by atoms with van der Waals surface area (Å²) >= 11 is 0. The van der Waals surface area contributed by atoms with Gasteiger partial charge in [0.15, 0.2) is 0 Å². The first-order chi connectivity index (χ1) is 10.6. The van der Waals surface area contributed by atoms with Crippen LogP contribution in [0.25, 0.3) is 0 Å². The molecule has 0 bridgehead atoms. The first-order valence-electron chi connectivity index (χ1n) is 7.31. The van der Waals surface area contributed by atoms with E-state index in [0.717, 1.165) is 17.0 Å². The number of nitrogens with zero attached hydrogens (tertiary/aromatic N) is 2. The molecule has 2 aromatic rings. The second kappa shape index (κ2) is 5.34. The van der Waals surface area contributed by atoms with E-state index in [1.54, 1.807) is 7.05 Å². The van der Waals surface area contributed by atoms with Gasteiger partial charge in [-0.25, -0.2) is 4.99 Å². The predicted octanol–water partition coefficient (Wildman–Crippen LogP) is 4.00. The molecule has 0 amide bonds. The SMILES string of the molecule is C/N=C(\C(=O)c1ccccc1)C1=Nc2ccccc2C1(C)C. The topological polar surface area (TPSA) is 41.8 Å². The minimum Gasteiger partial charge on any atom is -0.287 e. The van der Waals surface area contributed by atoms with Gasteiger partial charge in [0.25, 0.3) is 0 Å². The van der Waals surface area contributed by atoms with Crippen LogP contribution in [0.15, 0.2) is 64.6 Å². The zero-order valence-electron chi connectivity index (χ0n) is 13.0. The van der Waals surface area contributed by atoms with Gasteiger partial charge in [0, 0.05) is 18.0 Å². The number of fused-ring (bicyclic) bond motifs is 1. The quantitative estimate of drug-likeness (QED) is 0.622. The molecule has 1 aliphatic rings. The summed E-state index contributed by atoms with van der Waals surface area (Å²) in [5.41, 5.74) is 3.54. The van der Waals surface area contributed by atoms with Crippen LogP contribution in [0, 0.1) is 0 Å². The molecule has 0 spiro atoms. The first-order valence-corrected chi connectivity index (χ1v) is 7.31. The van der Waals surface area contributed by atoms with Crippen molar-refractivity contribution in [1.82, 2.24) is 0 Å². The monoisotopic (exact) mass is 290 g/mol. The summed E-state index contributed by atoms with van der Waals surface area (Å²) in [5, 5.41) is 0. The number of hydrogen-bond donors (Lipinski definition) is 0. The maximum atomic E-state index is 12.8. The Balaban J connectivity index is 2.06. The lowest BCUT2D eigenvalue weighted by Crippen LogP contribution is -2.36. The Kier molecular flexibility index (Phi) is 3.49. The van der Waals surface area contributed by atoms with Gasteiger partial charge in [-0.1, -0.05) is 48.5 Å². The lowest BCUT2D eigenvalue weighted by Gasteiger charge is -2.22. The molecule has 0 radical (unpaired) electrons. The molecule has 1 heterocycles. The molecule has 1 aliphatic heterocycles. The Morgan fingerprint density at radius 3 is 2.27 bits per heavy atom. The number of para-hydroxylation sites is 1. The van der Waals surface area contributed by atoms with Gasteiger partial charge in [-0.05, 0) is 25.5 Å². The van der Waals surface area contributed by atoms with Crippen LogP contribution >= 0.6 is 0 Å². The summed E-state index contributed by atoms with van der Waals surface area (Å²) in [6, 6.07) is 17.2. The van der Waals surface area contributed by atoms with Crippen LogP contribution in [0.2, 0.25) is 0 Å². The number of hydrogen-bond acceptors (Lipinski definition) is 3. The number of carbonyl (C=O) groups is 1. The molecule has 110 valence electrons. The number of rotatable bonds is 3. The van der Waals surface area contributed by atoms with Crippen molar-refractivity contribution in [3.05, 3.63) is 65.7 Å². The van der Waals surface area contributed by atoms with Crippen LogP contribution in [-0.4, -0.2) is 24.3 Å². The van der Waals surface area contributed by atoms with Crippen molar-refractivity contribution >= 4 is 22.9 Å². The fourth-order valence-corrected chi connectivity index (χ4v) is 2.88. The maximum Gasteiger partial charge on any atom is 0.212 e. The number of benzene rings is 2. The van der Waals surface area contributed by atoms with Gasteiger partial charge in [0.1, 0.15) is 5.71 Å². The van der Waals surface area contributed by atoms with Crippen LogP contribution in [0.3, 0.4) is 0 Å². The molecule has 0 unspecified atom stereocenters. The van der Waals surface area contributed by atoms with E-state index >= 15 is 0 Å². The highest BCUT2D eigenvalue weighted by Gasteiger charge is 2.39. The van der Waals surface area contributed by atoms with E-state index in [0.29, 0.717) is 11.3 Å². The normalized spacial score (nSPS) is 16.1. The maximum absolute atomic E-state index is 12.8. The van der Waals surface area contributed by atoms with Crippen LogP contribution in [-0.2, 0) is 5.41 Å². The number of Topliss-reactive ketones (excluding diaryl/α,β-unsaturated/α-hetero) is 1. The Labute approximate surface area is 130 Å². The fraction of sp³-hybridized carbons (Fsp3) is 0.211. The van der Waals surface area contributed by atoms with Crippen LogP contribution < -0.4 is 0 Å². The number of carbonyl (C=O) groups excluding carboxylic acids is 1. The second-order valence-corrected chi connectivity index (χ2v) is 5.87. The number of aliphatic imine (C=N–C) groups is 2. The molecule has 0 saturated heterocycles. The lowest BCUT2D eigenvalue weighted by atomic mass is 9.78. The summed E-state index contributed by atoms with van der Waals surface area (Å²) in [4.78, 5) is 21.7. The minimum atomic E-state index is -0.324. The van der Waals surface area contributed by atoms with Crippen LogP contribution in [0.5, 0.6) is 0 Å². The van der Waals surface area contributed by atoms with Gasteiger partial charge in [-0.3, -0.25) is 9.79 Å². The lowest BCUT2D eigenvalue weighted by molar-refractivity contribution is 0.106. The standard InChI is InChI=1S/C19H18N2O/c1-19(2)14-11-7-8-12-15(14)21-18(19)16(20-3)17(22)13-9-5-4-6-10-13/h4-12H,1-3H3/b20-16+. The summed E-state index contributed by atoms with van der Waals surface area (Å²) in [6.45, 7) is 4.17. The molecule has 0 N–H and O–H groups in total. The van der Waals surface area contributed by atoms with E-state index in [-0.39, 0.29) is 11.2 Å². The smallest absolute Gasteiger partial charge is 0.212 e. The third-order valence-electron chi connectivity index (χ3n) is 4.10. The molecule has 0 fully saturated rings. The minimum absolute atomic E-state index is 0.0808. The van der Waals surface area contributed by atoms with Crippen molar-refractivity contribution in [2.45, 2.75) is 19.3 Å². The molecule has 3 rings (SSSR count). The molecule has 22 heavy (non-hydrogen) atoms. The van der Waals surface area contributed by atoms with Crippen molar-refractivity contribution in [2.24, 2.45) is 9.98 Å². The highest BCUT2D eigenvalue weighted by Crippen LogP contribution is 2.40. The van der Waals surface area contributed by atoms with Gasteiger partial charge < -0.3 is 0 Å². The second-order valence-electron chi connectivity index (χ2n) is 5.87. The van der Waals surface area contributed by atoms with Gasteiger partial charge in [-0.2, -0.15) is 0 Å². The van der Waals surface area contributed by atoms with E-state index in [1.165, 1.54) is 0 Å². The molecule has 3 nitrogen and oxygen atoms in total. The van der Waals surface area contributed by atoms with Gasteiger partial charge in [0.2, 0.25) is 5.78 Å². The van der Waals surface area contributed by atoms with E-state index in [4.69, 9.17) is 0 Å². The molecule has 3 heteroatoms. The zero-order valence-corrected chi connectivity index (χ0v) is 13.0. The average molecular weight is 290 g/mol.